The predicted molar refractivity (Wildman–Crippen MR) is 173 cm³/mol. The van der Waals surface area contributed by atoms with Gasteiger partial charge in [0.1, 0.15) is 19.3 Å². The summed E-state index contributed by atoms with van der Waals surface area (Å²) in [4.78, 5) is 29.3. The number of nitrogens with one attached hydrogen (secondary N) is 1. The first-order valence-electron chi connectivity index (χ1n) is 14.8. The monoisotopic (exact) mass is 641 g/mol. The number of fused-ring (bicyclic) bond motifs is 1. The van der Waals surface area contributed by atoms with Gasteiger partial charge in [-0.2, -0.15) is 0 Å². The summed E-state index contributed by atoms with van der Waals surface area (Å²) < 4.78 is 38.1. The Kier molecular flexibility index (Phi) is 11.5. The van der Waals surface area contributed by atoms with Crippen LogP contribution in [0.15, 0.2) is 72.8 Å². The Morgan fingerprint density at radius 1 is 0.955 bits per heavy atom. The fraction of sp³-hybridized carbons (Fsp3) is 0.394. The second-order valence-corrected chi connectivity index (χ2v) is 13.3. The van der Waals surface area contributed by atoms with Gasteiger partial charge < -0.3 is 19.7 Å². The number of hydrogen-bond donors (Lipinski definition) is 1. The lowest BCUT2D eigenvalue weighted by molar-refractivity contribution is -0.141. The minimum atomic E-state index is -3.67. The van der Waals surface area contributed by atoms with Crippen molar-refractivity contribution in [2.24, 2.45) is 0 Å². The standard InChI is InChI=1S/C33H40ClN3O6S/c1-4-24(2)35-33(39)29(21-25-10-6-5-7-11-25)36(23-26-12-8-13-27(34)20-26)32(38)14-9-17-37(44(3,40)41)28-15-16-30-31(22-28)43-19-18-42-30/h5-8,10-13,15-16,20,22,24,29H,4,9,14,17-19,21,23H2,1-3H3,(H,35,39)/t24-,29-/m0/s1. The number of nitrogens with zero attached hydrogens (tertiary/aromatic N) is 2. The van der Waals surface area contributed by atoms with Crippen LogP contribution in [0.2, 0.25) is 5.02 Å². The Morgan fingerprint density at radius 2 is 1.66 bits per heavy atom. The van der Waals surface area contributed by atoms with E-state index in [1.54, 1.807) is 35.2 Å². The van der Waals surface area contributed by atoms with Crippen LogP contribution in [-0.2, 0) is 32.6 Å². The van der Waals surface area contributed by atoms with E-state index in [1.165, 1.54) is 4.31 Å². The van der Waals surface area contributed by atoms with Crippen LogP contribution in [0.1, 0.15) is 44.2 Å². The molecule has 0 saturated heterocycles. The van der Waals surface area contributed by atoms with Crippen molar-refractivity contribution in [2.45, 2.75) is 58.2 Å². The number of benzene rings is 3. The average Bonchev–Trinajstić information content (AvgIpc) is 3.00. The van der Waals surface area contributed by atoms with Crippen molar-refractivity contribution in [3.8, 4) is 11.5 Å². The molecule has 2 amide bonds. The van der Waals surface area contributed by atoms with Crippen molar-refractivity contribution in [1.29, 1.82) is 0 Å². The molecule has 1 N–H and O–H groups in total. The second-order valence-electron chi connectivity index (χ2n) is 10.9. The second kappa shape index (κ2) is 15.3. The fourth-order valence-electron chi connectivity index (χ4n) is 5.02. The van der Waals surface area contributed by atoms with E-state index in [9.17, 15) is 18.0 Å². The van der Waals surface area contributed by atoms with Crippen molar-refractivity contribution in [2.75, 3.05) is 30.3 Å². The van der Waals surface area contributed by atoms with Gasteiger partial charge in [-0.25, -0.2) is 8.42 Å². The predicted octanol–water partition coefficient (Wildman–Crippen LogP) is 5.21. The van der Waals surface area contributed by atoms with Crippen LogP contribution >= 0.6 is 11.6 Å². The maximum Gasteiger partial charge on any atom is 0.243 e. The number of sulfonamides is 1. The molecule has 0 aliphatic carbocycles. The zero-order valence-corrected chi connectivity index (χ0v) is 26.9. The van der Waals surface area contributed by atoms with E-state index in [0.29, 0.717) is 41.8 Å². The van der Waals surface area contributed by atoms with Gasteiger partial charge in [0, 0.05) is 43.1 Å². The topological polar surface area (TPSA) is 105 Å². The lowest BCUT2D eigenvalue weighted by Gasteiger charge is -2.33. The first-order chi connectivity index (χ1) is 21.0. The van der Waals surface area contributed by atoms with Gasteiger partial charge in [0.05, 0.1) is 11.9 Å². The van der Waals surface area contributed by atoms with Crippen molar-refractivity contribution >= 4 is 39.1 Å². The molecule has 9 nitrogen and oxygen atoms in total. The molecule has 1 heterocycles. The fourth-order valence-corrected chi connectivity index (χ4v) is 6.19. The Hall–Kier alpha value is -3.76. The van der Waals surface area contributed by atoms with E-state index < -0.39 is 16.1 Å². The molecule has 236 valence electrons. The number of hydrogen-bond acceptors (Lipinski definition) is 6. The third-order valence-electron chi connectivity index (χ3n) is 7.48. The molecule has 44 heavy (non-hydrogen) atoms. The summed E-state index contributed by atoms with van der Waals surface area (Å²) in [5, 5.41) is 3.58. The molecule has 4 rings (SSSR count). The summed E-state index contributed by atoms with van der Waals surface area (Å²) in [7, 11) is -3.67. The van der Waals surface area contributed by atoms with Crippen LogP contribution < -0.4 is 19.1 Å². The van der Waals surface area contributed by atoms with Crippen LogP contribution in [0.3, 0.4) is 0 Å². The molecule has 2 atom stereocenters. The number of anilines is 1. The number of halogens is 1. The maximum absolute atomic E-state index is 14.0. The first kappa shape index (κ1) is 33.1. The molecule has 0 spiro atoms. The third-order valence-corrected chi connectivity index (χ3v) is 8.91. The van der Waals surface area contributed by atoms with E-state index >= 15 is 0 Å². The molecule has 0 aromatic heterocycles. The van der Waals surface area contributed by atoms with Crippen molar-refractivity contribution in [1.82, 2.24) is 10.2 Å². The van der Waals surface area contributed by atoms with E-state index in [2.05, 4.69) is 5.32 Å². The molecule has 3 aromatic rings. The van der Waals surface area contributed by atoms with Crippen LogP contribution in [0, 0.1) is 0 Å². The molecule has 0 saturated carbocycles. The van der Waals surface area contributed by atoms with Gasteiger partial charge >= 0.3 is 0 Å². The number of carbonyl (C=O) groups is 2. The molecule has 11 heteroatoms. The van der Waals surface area contributed by atoms with Gasteiger partial charge in [-0.3, -0.25) is 13.9 Å². The van der Waals surface area contributed by atoms with E-state index in [4.69, 9.17) is 21.1 Å². The highest BCUT2D eigenvalue weighted by molar-refractivity contribution is 7.92. The minimum absolute atomic E-state index is 0.0268. The van der Waals surface area contributed by atoms with E-state index in [-0.39, 0.29) is 43.8 Å². The van der Waals surface area contributed by atoms with Crippen LogP contribution in [-0.4, -0.2) is 63.2 Å². The summed E-state index contributed by atoms with van der Waals surface area (Å²) in [6.45, 7) is 4.96. The van der Waals surface area contributed by atoms with Gasteiger partial charge in [0.2, 0.25) is 21.8 Å². The first-order valence-corrected chi connectivity index (χ1v) is 17.0. The Balaban J connectivity index is 1.58. The van der Waals surface area contributed by atoms with Gasteiger partial charge in [-0.05, 0) is 55.2 Å². The van der Waals surface area contributed by atoms with Crippen LogP contribution in [0.5, 0.6) is 11.5 Å². The summed E-state index contributed by atoms with van der Waals surface area (Å²) in [5.74, 6) is 0.524. The van der Waals surface area contributed by atoms with Crippen molar-refractivity contribution in [3.05, 3.63) is 88.9 Å². The zero-order chi connectivity index (χ0) is 31.7. The number of carbonyl (C=O) groups excluding carboxylic acids is 2. The number of amides is 2. The molecular weight excluding hydrogens is 602 g/mol. The van der Waals surface area contributed by atoms with Crippen molar-refractivity contribution < 1.29 is 27.5 Å². The molecule has 0 fully saturated rings. The van der Waals surface area contributed by atoms with Crippen molar-refractivity contribution in [3.63, 3.8) is 0 Å². The Morgan fingerprint density at radius 3 is 2.34 bits per heavy atom. The van der Waals surface area contributed by atoms with E-state index in [0.717, 1.165) is 23.8 Å². The molecule has 0 bridgehead atoms. The summed E-state index contributed by atoms with van der Waals surface area (Å²) in [6, 6.07) is 20.9. The largest absolute Gasteiger partial charge is 0.486 e. The normalized spacial score (nSPS) is 13.9. The third kappa shape index (κ3) is 9.12. The number of ether oxygens (including phenoxy) is 2. The summed E-state index contributed by atoms with van der Waals surface area (Å²) in [6.07, 6.45) is 2.46. The maximum atomic E-state index is 14.0. The van der Waals surface area contributed by atoms with Gasteiger partial charge in [0.15, 0.2) is 11.5 Å². The average molecular weight is 642 g/mol. The van der Waals surface area contributed by atoms with Crippen LogP contribution in [0.4, 0.5) is 5.69 Å². The Labute approximate surface area is 265 Å². The lowest BCUT2D eigenvalue weighted by atomic mass is 10.0. The highest BCUT2D eigenvalue weighted by Crippen LogP contribution is 2.35. The Bertz CT molecular complexity index is 1540. The smallest absolute Gasteiger partial charge is 0.243 e. The SMILES string of the molecule is CC[C@H](C)NC(=O)[C@H](Cc1ccccc1)N(Cc1cccc(Cl)c1)C(=O)CCCN(c1ccc2c(c1)OCCO2)S(C)(=O)=O. The summed E-state index contributed by atoms with van der Waals surface area (Å²) in [5.41, 5.74) is 2.13. The lowest BCUT2D eigenvalue weighted by Crippen LogP contribution is -2.52. The summed E-state index contributed by atoms with van der Waals surface area (Å²) >= 11 is 6.27. The molecular formula is C33H40ClN3O6S. The van der Waals surface area contributed by atoms with Crippen LogP contribution in [0.25, 0.3) is 0 Å². The molecule has 1 aliphatic heterocycles. The van der Waals surface area contributed by atoms with Gasteiger partial charge in [-0.15, -0.1) is 0 Å². The minimum Gasteiger partial charge on any atom is -0.486 e. The number of rotatable bonds is 14. The highest BCUT2D eigenvalue weighted by atomic mass is 35.5. The molecule has 3 aromatic carbocycles. The quantitative estimate of drug-likeness (QED) is 0.259. The van der Waals surface area contributed by atoms with Gasteiger partial charge in [-0.1, -0.05) is 61.0 Å². The van der Waals surface area contributed by atoms with E-state index in [1.807, 2.05) is 56.3 Å². The highest BCUT2D eigenvalue weighted by Gasteiger charge is 2.31. The molecule has 0 radical (unpaired) electrons. The zero-order valence-electron chi connectivity index (χ0n) is 25.4. The molecule has 0 unspecified atom stereocenters. The molecule has 1 aliphatic rings. The van der Waals surface area contributed by atoms with Gasteiger partial charge in [0.25, 0.3) is 0 Å².